The molecule has 28 heavy (non-hydrogen) atoms. The Bertz CT molecular complexity index is 658. The summed E-state index contributed by atoms with van der Waals surface area (Å²) in [6.45, 7) is 8.25. The van der Waals surface area contributed by atoms with Crippen LogP contribution in [0.25, 0.3) is 0 Å². The second kappa shape index (κ2) is 10.1. The molecule has 10 heteroatoms. The Morgan fingerprint density at radius 3 is 2.75 bits per heavy atom. The number of hydrogen-bond acceptors (Lipinski definition) is 4. The molecule has 7 nitrogen and oxygen atoms in total. The number of rotatable bonds is 8. The SMILES string of the molecule is CCNC(=NCc1c(C)nn(CCOC)c1C)NC1CCN(CC(F)(F)F)C1. The van der Waals surface area contributed by atoms with Crippen molar-refractivity contribution in [3.05, 3.63) is 17.0 Å². The zero-order valence-corrected chi connectivity index (χ0v) is 17.1. The Kier molecular flexibility index (Phi) is 8.11. The van der Waals surface area contributed by atoms with E-state index in [1.807, 2.05) is 25.5 Å². The van der Waals surface area contributed by atoms with Gasteiger partial charge in [0.15, 0.2) is 5.96 Å². The number of ether oxygens (including phenoxy) is 1. The molecule has 2 rings (SSSR count). The van der Waals surface area contributed by atoms with E-state index in [0.717, 1.165) is 17.0 Å². The molecule has 0 aliphatic carbocycles. The van der Waals surface area contributed by atoms with Crippen molar-refractivity contribution in [2.75, 3.05) is 39.9 Å². The molecule has 0 spiro atoms. The Labute approximate surface area is 164 Å². The first kappa shape index (κ1) is 22.5. The average Bonchev–Trinajstić information content (AvgIpc) is 3.14. The van der Waals surface area contributed by atoms with Gasteiger partial charge >= 0.3 is 6.18 Å². The third-order valence-electron chi connectivity index (χ3n) is 4.79. The number of guanidine groups is 1. The number of methoxy groups -OCH3 is 1. The van der Waals surface area contributed by atoms with E-state index in [4.69, 9.17) is 4.74 Å². The van der Waals surface area contributed by atoms with Crippen molar-refractivity contribution in [3.8, 4) is 0 Å². The van der Waals surface area contributed by atoms with Crippen LogP contribution in [0.4, 0.5) is 13.2 Å². The van der Waals surface area contributed by atoms with Crippen LogP contribution in [0.2, 0.25) is 0 Å². The van der Waals surface area contributed by atoms with Gasteiger partial charge in [-0.05, 0) is 27.2 Å². The fourth-order valence-electron chi connectivity index (χ4n) is 3.38. The Hall–Kier alpha value is -1.81. The molecular weight excluding hydrogens is 373 g/mol. The lowest BCUT2D eigenvalue weighted by Crippen LogP contribution is -2.45. The molecule has 1 saturated heterocycles. The highest BCUT2D eigenvalue weighted by molar-refractivity contribution is 5.80. The van der Waals surface area contributed by atoms with Gasteiger partial charge in [-0.1, -0.05) is 0 Å². The van der Waals surface area contributed by atoms with Crippen molar-refractivity contribution in [1.29, 1.82) is 0 Å². The van der Waals surface area contributed by atoms with Gasteiger partial charge in [0, 0.05) is 44.0 Å². The highest BCUT2D eigenvalue weighted by atomic mass is 19.4. The van der Waals surface area contributed by atoms with Crippen LogP contribution in [-0.2, 0) is 17.8 Å². The summed E-state index contributed by atoms with van der Waals surface area (Å²) in [5.74, 6) is 0.616. The molecule has 1 unspecified atom stereocenters. The number of aryl methyl sites for hydroxylation is 1. The summed E-state index contributed by atoms with van der Waals surface area (Å²) in [7, 11) is 1.66. The fraction of sp³-hybridized carbons (Fsp3) is 0.778. The van der Waals surface area contributed by atoms with E-state index < -0.39 is 12.7 Å². The van der Waals surface area contributed by atoms with Crippen molar-refractivity contribution in [2.45, 2.75) is 52.5 Å². The van der Waals surface area contributed by atoms with Crippen molar-refractivity contribution in [2.24, 2.45) is 4.99 Å². The monoisotopic (exact) mass is 404 g/mol. The van der Waals surface area contributed by atoms with E-state index in [-0.39, 0.29) is 6.04 Å². The number of alkyl halides is 3. The molecule has 1 atom stereocenters. The highest BCUT2D eigenvalue weighted by Crippen LogP contribution is 2.20. The smallest absolute Gasteiger partial charge is 0.383 e. The molecule has 0 radical (unpaired) electrons. The summed E-state index contributed by atoms with van der Waals surface area (Å²) in [6.07, 6.45) is -3.50. The van der Waals surface area contributed by atoms with Gasteiger partial charge in [-0.15, -0.1) is 0 Å². The highest BCUT2D eigenvalue weighted by Gasteiger charge is 2.34. The molecule has 160 valence electrons. The van der Waals surface area contributed by atoms with Crippen LogP contribution in [-0.4, -0.2) is 72.8 Å². The van der Waals surface area contributed by atoms with Crippen LogP contribution in [0, 0.1) is 13.8 Å². The van der Waals surface area contributed by atoms with E-state index in [2.05, 4.69) is 20.7 Å². The van der Waals surface area contributed by atoms with Crippen molar-refractivity contribution in [1.82, 2.24) is 25.3 Å². The molecule has 2 N–H and O–H groups in total. The van der Waals surface area contributed by atoms with Crippen molar-refractivity contribution >= 4 is 5.96 Å². The summed E-state index contributed by atoms with van der Waals surface area (Å²) in [5.41, 5.74) is 3.02. The number of hydrogen-bond donors (Lipinski definition) is 2. The summed E-state index contributed by atoms with van der Waals surface area (Å²) in [6, 6.07) is -0.0493. The number of halogens is 3. The van der Waals surface area contributed by atoms with E-state index >= 15 is 0 Å². The van der Waals surface area contributed by atoms with Crippen molar-refractivity contribution < 1.29 is 17.9 Å². The fourth-order valence-corrected chi connectivity index (χ4v) is 3.38. The summed E-state index contributed by atoms with van der Waals surface area (Å²) >= 11 is 0. The molecule has 0 saturated carbocycles. The first-order chi connectivity index (χ1) is 13.2. The van der Waals surface area contributed by atoms with Gasteiger partial charge in [0.1, 0.15) is 0 Å². The van der Waals surface area contributed by atoms with Gasteiger partial charge in [0.25, 0.3) is 0 Å². The second-order valence-corrected chi connectivity index (χ2v) is 7.04. The molecular formula is C18H31F3N6O. The normalized spacial score (nSPS) is 18.7. The first-order valence-electron chi connectivity index (χ1n) is 9.59. The lowest BCUT2D eigenvalue weighted by Gasteiger charge is -2.19. The maximum Gasteiger partial charge on any atom is 0.401 e. The standard InChI is InChI=1S/C18H31F3N6O/c1-5-22-17(24-15-6-7-26(11-15)12-18(19,20)21)23-10-16-13(2)25-27(14(16)3)8-9-28-4/h15H,5-12H2,1-4H3,(H2,22,23,24). The summed E-state index contributed by atoms with van der Waals surface area (Å²) < 4.78 is 44.7. The molecule has 1 aromatic heterocycles. The Morgan fingerprint density at radius 2 is 2.11 bits per heavy atom. The van der Waals surface area contributed by atoms with Crippen LogP contribution in [0.1, 0.15) is 30.3 Å². The molecule has 1 aliphatic rings. The molecule has 1 fully saturated rings. The van der Waals surface area contributed by atoms with Gasteiger partial charge in [-0.3, -0.25) is 9.58 Å². The van der Waals surface area contributed by atoms with E-state index in [1.165, 1.54) is 4.90 Å². The van der Waals surface area contributed by atoms with E-state index in [1.54, 1.807) is 7.11 Å². The number of aliphatic imine (C=N–C) groups is 1. The molecule has 0 bridgehead atoms. The Morgan fingerprint density at radius 1 is 1.36 bits per heavy atom. The quantitative estimate of drug-likeness (QED) is 0.511. The zero-order valence-electron chi connectivity index (χ0n) is 17.1. The molecule has 2 heterocycles. The zero-order chi connectivity index (χ0) is 20.7. The van der Waals surface area contributed by atoms with E-state index in [0.29, 0.717) is 51.7 Å². The minimum Gasteiger partial charge on any atom is -0.383 e. The van der Waals surface area contributed by atoms with Gasteiger partial charge in [0.05, 0.1) is 31.9 Å². The van der Waals surface area contributed by atoms with Crippen LogP contribution < -0.4 is 10.6 Å². The lowest BCUT2D eigenvalue weighted by molar-refractivity contribution is -0.143. The largest absolute Gasteiger partial charge is 0.401 e. The predicted molar refractivity (Wildman–Crippen MR) is 102 cm³/mol. The number of aromatic nitrogens is 2. The van der Waals surface area contributed by atoms with Crippen LogP contribution in [0.15, 0.2) is 4.99 Å². The number of nitrogens with zero attached hydrogens (tertiary/aromatic N) is 4. The number of nitrogens with one attached hydrogen (secondary N) is 2. The maximum atomic E-state index is 12.6. The summed E-state index contributed by atoms with van der Waals surface area (Å²) in [4.78, 5) is 6.06. The number of likely N-dealkylation sites (tertiary alicyclic amines) is 1. The topological polar surface area (TPSA) is 66.7 Å². The molecule has 0 aromatic carbocycles. The van der Waals surface area contributed by atoms with Crippen LogP contribution in [0.3, 0.4) is 0 Å². The molecule has 1 aliphatic heterocycles. The van der Waals surface area contributed by atoms with Gasteiger partial charge in [-0.2, -0.15) is 18.3 Å². The Balaban J connectivity index is 1.99. The third-order valence-corrected chi connectivity index (χ3v) is 4.79. The van der Waals surface area contributed by atoms with Crippen LogP contribution >= 0.6 is 0 Å². The minimum atomic E-state index is -4.16. The summed E-state index contributed by atoms with van der Waals surface area (Å²) in [5, 5.41) is 11.0. The van der Waals surface area contributed by atoms with Gasteiger partial charge < -0.3 is 15.4 Å². The van der Waals surface area contributed by atoms with E-state index in [9.17, 15) is 13.2 Å². The lowest BCUT2D eigenvalue weighted by atomic mass is 10.2. The van der Waals surface area contributed by atoms with Gasteiger partial charge in [-0.25, -0.2) is 4.99 Å². The average molecular weight is 404 g/mol. The molecule has 1 aromatic rings. The second-order valence-electron chi connectivity index (χ2n) is 7.04. The first-order valence-corrected chi connectivity index (χ1v) is 9.59. The van der Waals surface area contributed by atoms with Crippen molar-refractivity contribution in [3.63, 3.8) is 0 Å². The third kappa shape index (κ3) is 6.66. The predicted octanol–water partition coefficient (Wildman–Crippen LogP) is 1.84. The maximum absolute atomic E-state index is 12.6. The van der Waals surface area contributed by atoms with Gasteiger partial charge in [0.2, 0.25) is 0 Å². The van der Waals surface area contributed by atoms with Crippen LogP contribution in [0.5, 0.6) is 0 Å². The minimum absolute atomic E-state index is 0.0493. The molecule has 0 amide bonds.